The number of carbonyl (C=O) groups excluding carboxylic acids is 1. The van der Waals surface area contributed by atoms with Crippen molar-refractivity contribution in [3.05, 3.63) is 101 Å². The molecule has 12 heteroatoms. The molecule has 45 heavy (non-hydrogen) atoms. The molecule has 1 saturated heterocycles. The zero-order chi connectivity index (χ0) is 31.6. The van der Waals surface area contributed by atoms with Crippen LogP contribution in [0.4, 0.5) is 5.69 Å². The molecule has 1 aliphatic heterocycles. The summed E-state index contributed by atoms with van der Waals surface area (Å²) in [5.74, 6) is 0.373. The van der Waals surface area contributed by atoms with E-state index in [0.29, 0.717) is 58.9 Å². The molecule has 0 radical (unpaired) electrons. The van der Waals surface area contributed by atoms with Gasteiger partial charge in [0, 0.05) is 36.6 Å². The van der Waals surface area contributed by atoms with E-state index in [0.717, 1.165) is 11.3 Å². The molecule has 3 aromatic carbocycles. The molecule has 1 N–H and O–H groups in total. The first-order valence-electron chi connectivity index (χ1n) is 14.6. The Morgan fingerprint density at radius 2 is 1.82 bits per heavy atom. The minimum Gasteiger partial charge on any atom is -0.483 e. The fraction of sp³-hybridized carbons (Fsp3) is 0.242. The number of morpholine rings is 1. The lowest BCUT2D eigenvalue weighted by molar-refractivity contribution is -0.118. The van der Waals surface area contributed by atoms with Gasteiger partial charge < -0.3 is 19.2 Å². The van der Waals surface area contributed by atoms with E-state index >= 15 is 0 Å². The van der Waals surface area contributed by atoms with Gasteiger partial charge in [-0.25, -0.2) is 13.1 Å². The highest BCUT2D eigenvalue weighted by Gasteiger charge is 2.26. The standard InChI is InChI=1S/C33H32N4O7S/c1-3-23-16-28-30(44-22(2)32(33(28)39)24-19-34-37(20-24)26-9-5-4-6-10-26)18-29(23)43-21-31(38)35-25-8-7-11-27(17-25)45(40,41)36-12-14-42-15-13-36/h4-11,16-20H,3,12-15,21H2,1-2H3,(H,35,38). The van der Waals surface area contributed by atoms with Gasteiger partial charge in [-0.05, 0) is 55.3 Å². The third-order valence-corrected chi connectivity index (χ3v) is 9.50. The van der Waals surface area contributed by atoms with Crippen molar-refractivity contribution < 1.29 is 27.1 Å². The van der Waals surface area contributed by atoms with Crippen LogP contribution in [0.15, 0.2) is 93.2 Å². The van der Waals surface area contributed by atoms with Gasteiger partial charge in [0.05, 0.1) is 40.9 Å². The lowest BCUT2D eigenvalue weighted by Gasteiger charge is -2.26. The second kappa shape index (κ2) is 12.7. The van der Waals surface area contributed by atoms with E-state index in [1.807, 2.05) is 37.3 Å². The number of benzene rings is 3. The summed E-state index contributed by atoms with van der Waals surface area (Å²) in [6, 6.07) is 19.1. The first kappa shape index (κ1) is 30.3. The van der Waals surface area contributed by atoms with E-state index in [2.05, 4.69) is 10.4 Å². The van der Waals surface area contributed by atoms with Gasteiger partial charge in [-0.3, -0.25) is 9.59 Å². The number of rotatable bonds is 9. The van der Waals surface area contributed by atoms with E-state index in [-0.39, 0.29) is 30.0 Å². The minimum absolute atomic E-state index is 0.0862. The van der Waals surface area contributed by atoms with Crippen molar-refractivity contribution in [3.8, 4) is 22.6 Å². The number of nitrogens with zero attached hydrogens (tertiary/aromatic N) is 3. The van der Waals surface area contributed by atoms with Crippen LogP contribution in [0.1, 0.15) is 18.2 Å². The van der Waals surface area contributed by atoms with E-state index in [9.17, 15) is 18.0 Å². The highest BCUT2D eigenvalue weighted by molar-refractivity contribution is 7.89. The number of nitrogens with one attached hydrogen (secondary N) is 1. The summed E-state index contributed by atoms with van der Waals surface area (Å²) in [5, 5.41) is 7.53. The van der Waals surface area contributed by atoms with Crippen LogP contribution >= 0.6 is 0 Å². The number of aryl methyl sites for hydroxylation is 2. The van der Waals surface area contributed by atoms with Crippen LogP contribution in [0.3, 0.4) is 0 Å². The average Bonchev–Trinajstić information content (AvgIpc) is 3.54. The summed E-state index contributed by atoms with van der Waals surface area (Å²) in [5.41, 5.74) is 3.16. The predicted octanol–water partition coefficient (Wildman–Crippen LogP) is 4.55. The Bertz CT molecular complexity index is 2030. The molecular formula is C33H32N4O7S. The predicted molar refractivity (Wildman–Crippen MR) is 169 cm³/mol. The molecule has 11 nitrogen and oxygen atoms in total. The van der Waals surface area contributed by atoms with Crippen molar-refractivity contribution in [2.45, 2.75) is 25.2 Å². The van der Waals surface area contributed by atoms with Crippen LogP contribution in [0.5, 0.6) is 5.75 Å². The molecule has 1 amide bonds. The van der Waals surface area contributed by atoms with Crippen LogP contribution < -0.4 is 15.5 Å². The highest BCUT2D eigenvalue weighted by Crippen LogP contribution is 2.30. The molecule has 0 atom stereocenters. The van der Waals surface area contributed by atoms with Gasteiger partial charge in [-0.2, -0.15) is 9.40 Å². The zero-order valence-corrected chi connectivity index (χ0v) is 25.7. The topological polar surface area (TPSA) is 133 Å². The van der Waals surface area contributed by atoms with Gasteiger partial charge in [-0.15, -0.1) is 0 Å². The fourth-order valence-electron chi connectivity index (χ4n) is 5.31. The van der Waals surface area contributed by atoms with Crippen molar-refractivity contribution in [1.82, 2.24) is 14.1 Å². The quantitative estimate of drug-likeness (QED) is 0.251. The summed E-state index contributed by atoms with van der Waals surface area (Å²) in [6.45, 7) is 4.55. The van der Waals surface area contributed by atoms with Gasteiger partial charge in [0.15, 0.2) is 6.61 Å². The number of anilines is 1. The molecule has 1 aliphatic rings. The van der Waals surface area contributed by atoms with Crippen molar-refractivity contribution in [1.29, 1.82) is 0 Å². The molecule has 232 valence electrons. The Hall–Kier alpha value is -4.78. The maximum absolute atomic E-state index is 13.7. The summed E-state index contributed by atoms with van der Waals surface area (Å²) >= 11 is 0. The van der Waals surface area contributed by atoms with Gasteiger partial charge in [0.25, 0.3) is 5.91 Å². The van der Waals surface area contributed by atoms with Crippen molar-refractivity contribution in [3.63, 3.8) is 0 Å². The number of hydrogen-bond donors (Lipinski definition) is 1. The lowest BCUT2D eigenvalue weighted by atomic mass is 10.0. The Morgan fingerprint density at radius 3 is 2.58 bits per heavy atom. The number of ether oxygens (including phenoxy) is 2. The summed E-state index contributed by atoms with van der Waals surface area (Å²) in [4.78, 5) is 26.6. The largest absolute Gasteiger partial charge is 0.483 e. The molecule has 3 heterocycles. The monoisotopic (exact) mass is 628 g/mol. The number of carbonyl (C=O) groups is 1. The molecule has 0 unspecified atom stereocenters. The summed E-state index contributed by atoms with van der Waals surface area (Å²) in [7, 11) is -3.71. The van der Waals surface area contributed by atoms with Crippen LogP contribution in [0.25, 0.3) is 27.8 Å². The zero-order valence-electron chi connectivity index (χ0n) is 24.9. The van der Waals surface area contributed by atoms with E-state index in [1.165, 1.54) is 16.4 Å². The van der Waals surface area contributed by atoms with Crippen molar-refractivity contribution in [2.24, 2.45) is 0 Å². The molecule has 0 bridgehead atoms. The van der Waals surface area contributed by atoms with E-state index in [4.69, 9.17) is 13.9 Å². The first-order chi connectivity index (χ1) is 21.7. The molecule has 0 saturated carbocycles. The van der Waals surface area contributed by atoms with Gasteiger partial charge >= 0.3 is 0 Å². The van der Waals surface area contributed by atoms with Gasteiger partial charge in [-0.1, -0.05) is 31.2 Å². The molecule has 0 aliphatic carbocycles. The highest BCUT2D eigenvalue weighted by atomic mass is 32.2. The third kappa shape index (κ3) is 6.25. The van der Waals surface area contributed by atoms with E-state index < -0.39 is 15.9 Å². The number of hydrogen-bond acceptors (Lipinski definition) is 8. The Morgan fingerprint density at radius 1 is 1.04 bits per heavy atom. The van der Waals surface area contributed by atoms with Gasteiger partial charge in [0.2, 0.25) is 15.5 Å². The average molecular weight is 629 g/mol. The smallest absolute Gasteiger partial charge is 0.262 e. The van der Waals surface area contributed by atoms with Crippen LogP contribution in [-0.2, 0) is 26.0 Å². The van der Waals surface area contributed by atoms with Crippen LogP contribution in [-0.4, -0.2) is 61.3 Å². The van der Waals surface area contributed by atoms with E-state index in [1.54, 1.807) is 48.3 Å². The SMILES string of the molecule is CCc1cc2c(=O)c(-c3cnn(-c4ccccc4)c3)c(C)oc2cc1OCC(=O)Nc1cccc(S(=O)(=O)N2CCOCC2)c1. The summed E-state index contributed by atoms with van der Waals surface area (Å²) in [6.07, 6.45) is 3.98. The molecule has 2 aromatic heterocycles. The van der Waals surface area contributed by atoms with Crippen LogP contribution in [0, 0.1) is 6.92 Å². The number of fused-ring (bicyclic) bond motifs is 1. The second-order valence-corrected chi connectivity index (χ2v) is 12.5. The normalized spacial score (nSPS) is 14.0. The van der Waals surface area contributed by atoms with Crippen molar-refractivity contribution >= 4 is 32.6 Å². The Labute approximate surface area is 260 Å². The molecular weight excluding hydrogens is 596 g/mol. The maximum Gasteiger partial charge on any atom is 0.262 e. The first-order valence-corrected chi connectivity index (χ1v) is 16.0. The molecule has 5 aromatic rings. The molecule has 6 rings (SSSR count). The Balaban J connectivity index is 1.20. The fourth-order valence-corrected chi connectivity index (χ4v) is 6.76. The number of sulfonamides is 1. The number of para-hydroxylation sites is 1. The second-order valence-electron chi connectivity index (χ2n) is 10.6. The van der Waals surface area contributed by atoms with Gasteiger partial charge in [0.1, 0.15) is 17.1 Å². The lowest BCUT2D eigenvalue weighted by Crippen LogP contribution is -2.40. The third-order valence-electron chi connectivity index (χ3n) is 7.61. The number of aromatic nitrogens is 2. The summed E-state index contributed by atoms with van der Waals surface area (Å²) < 4.78 is 46.4. The Kier molecular flexibility index (Phi) is 8.52. The van der Waals surface area contributed by atoms with Crippen LogP contribution in [0.2, 0.25) is 0 Å². The van der Waals surface area contributed by atoms with Crippen molar-refractivity contribution in [2.75, 3.05) is 38.2 Å². The molecule has 0 spiro atoms. The maximum atomic E-state index is 13.7. The minimum atomic E-state index is -3.71. The number of amides is 1. The molecule has 1 fully saturated rings.